The summed E-state index contributed by atoms with van der Waals surface area (Å²) in [5.41, 5.74) is 1.27. The lowest BCUT2D eigenvalue weighted by Crippen LogP contribution is -2.47. The van der Waals surface area contributed by atoms with Crippen molar-refractivity contribution in [3.63, 3.8) is 0 Å². The molecule has 0 radical (unpaired) electrons. The van der Waals surface area contributed by atoms with Crippen LogP contribution in [0.5, 0.6) is 0 Å². The van der Waals surface area contributed by atoms with Crippen LogP contribution in [0.25, 0.3) is 21.7 Å². The largest absolute Gasteiger partial charge is 0.423 e. The normalized spacial score (nSPS) is 14.8. The zero-order chi connectivity index (χ0) is 21.9. The van der Waals surface area contributed by atoms with E-state index >= 15 is 0 Å². The Morgan fingerprint density at radius 3 is 2.56 bits per heavy atom. The van der Waals surface area contributed by atoms with Crippen molar-refractivity contribution in [3.8, 4) is 0 Å². The predicted octanol–water partition coefficient (Wildman–Crippen LogP) is 3.99. The summed E-state index contributed by atoms with van der Waals surface area (Å²) in [6.07, 6.45) is 2.95. The Morgan fingerprint density at radius 1 is 0.969 bits per heavy atom. The van der Waals surface area contributed by atoms with E-state index in [1.807, 2.05) is 37.5 Å². The molecular formula is C26H28N4O2. The lowest BCUT2D eigenvalue weighted by molar-refractivity contribution is 0.255. The number of para-hydroxylation sites is 1. The van der Waals surface area contributed by atoms with Gasteiger partial charge in [0, 0.05) is 62.8 Å². The van der Waals surface area contributed by atoms with Crippen LogP contribution in [-0.4, -0.2) is 56.2 Å². The summed E-state index contributed by atoms with van der Waals surface area (Å²) in [7, 11) is 2.05. The number of hydrogen-bond donors (Lipinski definition) is 0. The van der Waals surface area contributed by atoms with Gasteiger partial charge in [0.15, 0.2) is 0 Å². The van der Waals surface area contributed by atoms with E-state index in [1.165, 1.54) is 10.8 Å². The summed E-state index contributed by atoms with van der Waals surface area (Å²) in [5.74, 6) is 1.09. The first-order chi connectivity index (χ1) is 15.7. The Bertz CT molecular complexity index is 1270. The molecule has 0 bridgehead atoms. The van der Waals surface area contributed by atoms with Crippen LogP contribution in [0.3, 0.4) is 0 Å². The molecule has 164 valence electrons. The number of anilines is 2. The molecule has 0 N–H and O–H groups in total. The standard InChI is InChI=1S/C26H28N4O2/c1-28(23-19-25(31)32-24-10-5-4-9-22(23)24)13-6-14-29-15-17-30(18-16-29)26-21-8-3-2-7-20(21)11-12-27-26/h2-5,7-12,19H,6,13-18H2,1H3. The number of fused-ring (bicyclic) bond motifs is 2. The molecule has 0 atom stereocenters. The second kappa shape index (κ2) is 9.01. The molecular weight excluding hydrogens is 400 g/mol. The molecule has 3 heterocycles. The van der Waals surface area contributed by atoms with Gasteiger partial charge in [-0.25, -0.2) is 9.78 Å². The van der Waals surface area contributed by atoms with Gasteiger partial charge in [0.2, 0.25) is 0 Å². The Balaban J connectivity index is 1.17. The first-order valence-electron chi connectivity index (χ1n) is 11.2. The van der Waals surface area contributed by atoms with E-state index in [-0.39, 0.29) is 5.63 Å². The van der Waals surface area contributed by atoms with E-state index in [1.54, 1.807) is 6.07 Å². The average molecular weight is 429 g/mol. The highest BCUT2D eigenvalue weighted by molar-refractivity contribution is 5.92. The molecule has 0 saturated carbocycles. The van der Waals surface area contributed by atoms with Crippen LogP contribution in [0, 0.1) is 0 Å². The van der Waals surface area contributed by atoms with Gasteiger partial charge in [-0.1, -0.05) is 36.4 Å². The van der Waals surface area contributed by atoms with Crippen molar-refractivity contribution in [1.82, 2.24) is 9.88 Å². The maximum atomic E-state index is 11.9. The van der Waals surface area contributed by atoms with Crippen molar-refractivity contribution < 1.29 is 4.42 Å². The number of pyridine rings is 1. The van der Waals surface area contributed by atoms with Crippen molar-refractivity contribution in [2.45, 2.75) is 6.42 Å². The molecule has 1 aliphatic heterocycles. The molecule has 0 amide bonds. The highest BCUT2D eigenvalue weighted by atomic mass is 16.4. The van der Waals surface area contributed by atoms with Crippen LogP contribution in [0.1, 0.15) is 6.42 Å². The summed E-state index contributed by atoms with van der Waals surface area (Å²) in [6, 6.07) is 19.9. The van der Waals surface area contributed by atoms with Gasteiger partial charge in [0.05, 0.1) is 5.69 Å². The molecule has 2 aromatic carbocycles. The predicted molar refractivity (Wildman–Crippen MR) is 131 cm³/mol. The summed E-state index contributed by atoms with van der Waals surface area (Å²) >= 11 is 0. The maximum Gasteiger partial charge on any atom is 0.338 e. The molecule has 1 saturated heterocycles. The summed E-state index contributed by atoms with van der Waals surface area (Å²) in [5, 5.41) is 3.45. The van der Waals surface area contributed by atoms with Gasteiger partial charge in [0.25, 0.3) is 0 Å². The molecule has 0 unspecified atom stereocenters. The lowest BCUT2D eigenvalue weighted by Gasteiger charge is -2.36. The molecule has 0 aliphatic carbocycles. The van der Waals surface area contributed by atoms with Gasteiger partial charge in [-0.3, -0.25) is 4.90 Å². The SMILES string of the molecule is CN(CCCN1CCN(c2nccc3ccccc23)CC1)c1cc(=O)oc2ccccc12. The zero-order valence-electron chi connectivity index (χ0n) is 18.4. The third kappa shape index (κ3) is 4.18. The van der Waals surface area contributed by atoms with Crippen LogP contribution in [-0.2, 0) is 0 Å². The zero-order valence-corrected chi connectivity index (χ0v) is 18.4. The topological polar surface area (TPSA) is 52.8 Å². The molecule has 0 spiro atoms. The molecule has 2 aromatic heterocycles. The first kappa shape index (κ1) is 20.5. The van der Waals surface area contributed by atoms with Gasteiger partial charge in [-0.05, 0) is 36.6 Å². The number of benzene rings is 2. The fraction of sp³-hybridized carbons (Fsp3) is 0.308. The molecule has 4 aromatic rings. The second-order valence-corrected chi connectivity index (χ2v) is 8.41. The van der Waals surface area contributed by atoms with E-state index in [0.717, 1.165) is 62.6 Å². The third-order valence-corrected chi connectivity index (χ3v) is 6.33. The highest BCUT2D eigenvalue weighted by Gasteiger charge is 2.19. The van der Waals surface area contributed by atoms with Crippen LogP contribution in [0.15, 0.2) is 76.1 Å². The minimum absolute atomic E-state index is 0.302. The van der Waals surface area contributed by atoms with Gasteiger partial charge in [-0.2, -0.15) is 0 Å². The van der Waals surface area contributed by atoms with Crippen LogP contribution < -0.4 is 15.4 Å². The number of rotatable bonds is 6. The number of piperazine rings is 1. The minimum Gasteiger partial charge on any atom is -0.423 e. The average Bonchev–Trinajstić information content (AvgIpc) is 2.83. The van der Waals surface area contributed by atoms with Crippen molar-refractivity contribution in [2.75, 3.05) is 56.1 Å². The van der Waals surface area contributed by atoms with Crippen LogP contribution in [0.2, 0.25) is 0 Å². The smallest absolute Gasteiger partial charge is 0.338 e. The molecule has 5 rings (SSSR count). The van der Waals surface area contributed by atoms with Crippen LogP contribution >= 0.6 is 0 Å². The summed E-state index contributed by atoms with van der Waals surface area (Å²) < 4.78 is 5.33. The highest BCUT2D eigenvalue weighted by Crippen LogP contribution is 2.26. The summed E-state index contributed by atoms with van der Waals surface area (Å²) in [6.45, 7) is 5.97. The molecule has 6 nitrogen and oxygen atoms in total. The van der Waals surface area contributed by atoms with Gasteiger partial charge < -0.3 is 14.2 Å². The quantitative estimate of drug-likeness (QED) is 0.433. The molecule has 1 fully saturated rings. The van der Waals surface area contributed by atoms with Gasteiger partial charge in [-0.15, -0.1) is 0 Å². The van der Waals surface area contributed by atoms with Gasteiger partial charge >= 0.3 is 5.63 Å². The number of aromatic nitrogens is 1. The number of hydrogen-bond acceptors (Lipinski definition) is 6. The van der Waals surface area contributed by atoms with E-state index < -0.39 is 0 Å². The summed E-state index contributed by atoms with van der Waals surface area (Å²) in [4.78, 5) is 23.7. The Hall–Kier alpha value is -3.38. The fourth-order valence-corrected chi connectivity index (χ4v) is 4.60. The van der Waals surface area contributed by atoms with E-state index in [4.69, 9.17) is 4.42 Å². The van der Waals surface area contributed by atoms with E-state index in [0.29, 0.717) is 5.58 Å². The molecule has 32 heavy (non-hydrogen) atoms. The van der Waals surface area contributed by atoms with Crippen molar-refractivity contribution in [1.29, 1.82) is 0 Å². The lowest BCUT2D eigenvalue weighted by atomic mass is 10.1. The van der Waals surface area contributed by atoms with Crippen LogP contribution in [0.4, 0.5) is 11.5 Å². The van der Waals surface area contributed by atoms with Crippen molar-refractivity contribution in [3.05, 3.63) is 77.3 Å². The van der Waals surface area contributed by atoms with E-state index in [2.05, 4.69) is 50.0 Å². The van der Waals surface area contributed by atoms with Crippen molar-refractivity contribution in [2.24, 2.45) is 0 Å². The van der Waals surface area contributed by atoms with Crippen molar-refractivity contribution >= 4 is 33.2 Å². The molecule has 6 heteroatoms. The minimum atomic E-state index is -0.302. The Kier molecular flexibility index (Phi) is 5.77. The Labute approximate surface area is 187 Å². The third-order valence-electron chi connectivity index (χ3n) is 6.33. The molecule has 1 aliphatic rings. The fourth-order valence-electron chi connectivity index (χ4n) is 4.60. The maximum absolute atomic E-state index is 11.9. The monoisotopic (exact) mass is 428 g/mol. The van der Waals surface area contributed by atoms with Gasteiger partial charge in [0.1, 0.15) is 11.4 Å². The second-order valence-electron chi connectivity index (χ2n) is 8.41. The first-order valence-corrected chi connectivity index (χ1v) is 11.2. The number of nitrogens with zero attached hydrogens (tertiary/aromatic N) is 4. The van der Waals surface area contributed by atoms with E-state index in [9.17, 15) is 4.79 Å². The Morgan fingerprint density at radius 2 is 1.72 bits per heavy atom.